The van der Waals surface area contributed by atoms with Crippen molar-refractivity contribution in [2.24, 2.45) is 0 Å². The van der Waals surface area contributed by atoms with Crippen LogP contribution in [0.2, 0.25) is 0 Å². The number of fused-ring (bicyclic) bond motifs is 1. The van der Waals surface area contributed by atoms with Crippen LogP contribution in [0.15, 0.2) is 30.3 Å². The second kappa shape index (κ2) is 10.1. The van der Waals surface area contributed by atoms with Gasteiger partial charge in [0.1, 0.15) is 9.71 Å². The molecule has 158 valence electrons. The van der Waals surface area contributed by atoms with Gasteiger partial charge in [0.05, 0.1) is 12.3 Å². The van der Waals surface area contributed by atoms with E-state index in [-0.39, 0.29) is 18.4 Å². The van der Waals surface area contributed by atoms with E-state index in [1.807, 2.05) is 12.1 Å². The lowest BCUT2D eigenvalue weighted by molar-refractivity contribution is -0.122. The Kier molecular flexibility index (Phi) is 7.31. The maximum atomic E-state index is 12.1. The number of carbonyl (C=O) groups excluding carboxylic acids is 1. The average Bonchev–Trinajstić information content (AvgIpc) is 3.38. The number of hydrogen-bond acceptors (Lipinski definition) is 8. The predicted octanol–water partition coefficient (Wildman–Crippen LogP) is 3.41. The Labute approximate surface area is 178 Å². The first kappa shape index (κ1) is 21.7. The van der Waals surface area contributed by atoms with Crippen molar-refractivity contribution in [2.45, 2.75) is 26.3 Å². The molecule has 8 nitrogen and oxygen atoms in total. The van der Waals surface area contributed by atoms with Gasteiger partial charge in [0.25, 0.3) is 6.47 Å². The summed E-state index contributed by atoms with van der Waals surface area (Å²) in [7, 11) is 0. The molecule has 1 aromatic carbocycles. The fraction of sp³-hybridized carbons (Fsp3) is 0.333. The smallest absolute Gasteiger partial charge is 0.348 e. The summed E-state index contributed by atoms with van der Waals surface area (Å²) in [6.45, 7) is 5.13. The topological polar surface area (TPSA) is 119 Å². The van der Waals surface area contributed by atoms with Crippen LogP contribution in [0, 0.1) is 0 Å². The lowest BCUT2D eigenvalue weighted by Crippen LogP contribution is -2.18. The Balaban J connectivity index is 0.000000806. The highest BCUT2D eigenvalue weighted by molar-refractivity contribution is 7.20. The number of rotatable bonds is 5. The first-order valence-corrected chi connectivity index (χ1v) is 10.5. The highest BCUT2D eigenvalue weighted by Gasteiger charge is 2.18. The summed E-state index contributed by atoms with van der Waals surface area (Å²) >= 11 is 1.28. The van der Waals surface area contributed by atoms with Crippen LogP contribution in [0.3, 0.4) is 0 Å². The molecule has 0 bridgehead atoms. The molecule has 1 fully saturated rings. The second-order valence-corrected chi connectivity index (χ2v) is 7.80. The number of nitrogen functional groups attached to an aromatic ring is 1. The van der Waals surface area contributed by atoms with Gasteiger partial charge in [0.15, 0.2) is 0 Å². The molecule has 2 aromatic heterocycles. The summed E-state index contributed by atoms with van der Waals surface area (Å²) in [6.07, 6.45) is 2.54. The first-order valence-electron chi connectivity index (χ1n) is 9.69. The monoisotopic (exact) mass is 428 g/mol. The van der Waals surface area contributed by atoms with E-state index in [1.54, 1.807) is 13.0 Å². The number of esters is 1. The highest BCUT2D eigenvalue weighted by Crippen LogP contribution is 2.33. The van der Waals surface area contributed by atoms with Crippen molar-refractivity contribution in [3.8, 4) is 11.3 Å². The lowest BCUT2D eigenvalue weighted by Gasteiger charge is -2.15. The molecule has 0 saturated carbocycles. The summed E-state index contributed by atoms with van der Waals surface area (Å²) in [5.41, 5.74) is 8.93. The van der Waals surface area contributed by atoms with E-state index in [0.29, 0.717) is 16.3 Å². The Bertz CT molecular complexity index is 1030. The van der Waals surface area contributed by atoms with Crippen molar-refractivity contribution in [2.75, 3.05) is 25.4 Å². The van der Waals surface area contributed by atoms with Crippen LogP contribution in [0.4, 0.5) is 5.95 Å². The molecule has 1 aliphatic rings. The van der Waals surface area contributed by atoms with E-state index in [9.17, 15) is 4.79 Å². The number of aromatic nitrogens is 2. The standard InChI is InChI=1S/C20H22N4O2S.CH2O2/c1-2-26-19(25)16-11-15-17(22-20(21)23-18(15)27-16)14-7-5-6-13(10-14)12-24-8-3-4-9-24;2-1-3/h5-7,10-11H,2-4,8-9,12H2,1H3,(H2,21,22,23);1H,(H,2,3). The Morgan fingerprint density at radius 3 is 2.73 bits per heavy atom. The highest BCUT2D eigenvalue weighted by atomic mass is 32.1. The molecule has 0 amide bonds. The van der Waals surface area contributed by atoms with Crippen LogP contribution in [0.1, 0.15) is 35.0 Å². The SMILES string of the molecule is CCOC(=O)c1cc2c(-c3cccc(CN4CCCC4)c3)nc(N)nc2s1.O=CO. The van der Waals surface area contributed by atoms with Crippen LogP contribution in [-0.2, 0) is 16.1 Å². The molecule has 9 heteroatoms. The van der Waals surface area contributed by atoms with Gasteiger partial charge in [0.2, 0.25) is 5.95 Å². The Morgan fingerprint density at radius 1 is 1.30 bits per heavy atom. The molecule has 3 N–H and O–H groups in total. The van der Waals surface area contributed by atoms with Gasteiger partial charge < -0.3 is 15.6 Å². The Hall–Kier alpha value is -3.04. The number of hydrogen-bond donors (Lipinski definition) is 2. The average molecular weight is 429 g/mol. The van der Waals surface area contributed by atoms with Crippen molar-refractivity contribution in [3.05, 3.63) is 40.8 Å². The van der Waals surface area contributed by atoms with Gasteiger partial charge >= 0.3 is 5.97 Å². The third-order valence-electron chi connectivity index (χ3n) is 4.69. The zero-order valence-corrected chi connectivity index (χ0v) is 17.5. The number of benzene rings is 1. The molecule has 3 aromatic rings. The minimum Gasteiger partial charge on any atom is -0.483 e. The van der Waals surface area contributed by atoms with Crippen molar-refractivity contribution >= 4 is 39.9 Å². The fourth-order valence-electron chi connectivity index (χ4n) is 3.48. The normalized spacial score (nSPS) is 13.6. The number of carbonyl (C=O) groups is 2. The van der Waals surface area contributed by atoms with Gasteiger partial charge in [-0.2, -0.15) is 0 Å². The maximum absolute atomic E-state index is 12.1. The van der Waals surface area contributed by atoms with Crippen LogP contribution in [0.25, 0.3) is 21.5 Å². The van der Waals surface area contributed by atoms with Gasteiger partial charge in [-0.25, -0.2) is 14.8 Å². The summed E-state index contributed by atoms with van der Waals surface area (Å²) in [4.78, 5) is 32.9. The second-order valence-electron chi connectivity index (χ2n) is 6.77. The fourth-order valence-corrected chi connectivity index (χ4v) is 4.41. The number of nitrogens with two attached hydrogens (primary N) is 1. The predicted molar refractivity (Wildman–Crippen MR) is 116 cm³/mol. The molecule has 0 radical (unpaired) electrons. The zero-order chi connectivity index (χ0) is 21.5. The van der Waals surface area contributed by atoms with E-state index in [1.165, 1.54) is 29.7 Å². The molecule has 1 aliphatic heterocycles. The zero-order valence-electron chi connectivity index (χ0n) is 16.7. The summed E-state index contributed by atoms with van der Waals surface area (Å²) in [5.74, 6) is -0.132. The van der Waals surface area contributed by atoms with Crippen LogP contribution >= 0.6 is 11.3 Å². The minimum absolute atomic E-state index is 0.208. The molecule has 1 saturated heterocycles. The lowest BCUT2D eigenvalue weighted by atomic mass is 10.1. The quantitative estimate of drug-likeness (QED) is 0.469. The number of ether oxygens (including phenoxy) is 1. The number of carboxylic acid groups (broad SMARTS) is 1. The number of nitrogens with zero attached hydrogens (tertiary/aromatic N) is 3. The van der Waals surface area contributed by atoms with Crippen molar-refractivity contribution in [1.29, 1.82) is 0 Å². The third kappa shape index (κ3) is 5.11. The number of likely N-dealkylation sites (tertiary alicyclic amines) is 1. The molecule has 0 unspecified atom stereocenters. The van der Waals surface area contributed by atoms with E-state index in [0.717, 1.165) is 36.3 Å². The number of anilines is 1. The minimum atomic E-state index is -0.340. The van der Waals surface area contributed by atoms with Gasteiger partial charge in [0, 0.05) is 17.5 Å². The van der Waals surface area contributed by atoms with Crippen molar-refractivity contribution in [3.63, 3.8) is 0 Å². The Morgan fingerprint density at radius 2 is 2.03 bits per heavy atom. The first-order chi connectivity index (χ1) is 14.5. The molecular weight excluding hydrogens is 404 g/mol. The molecule has 3 heterocycles. The van der Waals surface area contributed by atoms with Crippen LogP contribution < -0.4 is 5.73 Å². The summed E-state index contributed by atoms with van der Waals surface area (Å²) < 4.78 is 5.11. The summed E-state index contributed by atoms with van der Waals surface area (Å²) in [5, 5.41) is 7.72. The summed E-state index contributed by atoms with van der Waals surface area (Å²) in [6, 6.07) is 10.2. The molecular formula is C21H24N4O4S. The third-order valence-corrected chi connectivity index (χ3v) is 5.70. The van der Waals surface area contributed by atoms with E-state index >= 15 is 0 Å². The molecule has 30 heavy (non-hydrogen) atoms. The molecule has 4 rings (SSSR count). The van der Waals surface area contributed by atoms with Gasteiger partial charge in [-0.1, -0.05) is 18.2 Å². The molecule has 0 aliphatic carbocycles. The van der Waals surface area contributed by atoms with Crippen molar-refractivity contribution in [1.82, 2.24) is 14.9 Å². The van der Waals surface area contributed by atoms with E-state index in [2.05, 4.69) is 27.0 Å². The van der Waals surface area contributed by atoms with E-state index in [4.69, 9.17) is 20.4 Å². The van der Waals surface area contributed by atoms with E-state index < -0.39 is 0 Å². The number of thiophene rings is 1. The maximum Gasteiger partial charge on any atom is 0.348 e. The van der Waals surface area contributed by atoms with Gasteiger partial charge in [-0.05, 0) is 50.6 Å². The molecule has 0 spiro atoms. The van der Waals surface area contributed by atoms with Gasteiger partial charge in [-0.15, -0.1) is 11.3 Å². The van der Waals surface area contributed by atoms with Crippen LogP contribution in [0.5, 0.6) is 0 Å². The van der Waals surface area contributed by atoms with Gasteiger partial charge in [-0.3, -0.25) is 9.69 Å². The van der Waals surface area contributed by atoms with Crippen molar-refractivity contribution < 1.29 is 19.4 Å². The molecule has 0 atom stereocenters. The largest absolute Gasteiger partial charge is 0.483 e. The van der Waals surface area contributed by atoms with Crippen LogP contribution in [-0.4, -0.2) is 52.1 Å².